The molecule has 0 aromatic carbocycles. The molecule has 8 heteroatoms. The lowest BCUT2D eigenvalue weighted by atomic mass is 10.0. The van der Waals surface area contributed by atoms with Crippen LogP contribution in [0.3, 0.4) is 0 Å². The number of nitrogens with one attached hydrogen (secondary N) is 1. The molecule has 2 aliphatic heterocycles. The van der Waals surface area contributed by atoms with Gasteiger partial charge in [0, 0.05) is 19.1 Å². The number of rotatable bonds is 5. The van der Waals surface area contributed by atoms with E-state index in [1.807, 2.05) is 9.80 Å². The zero-order chi connectivity index (χ0) is 18.5. The van der Waals surface area contributed by atoms with Gasteiger partial charge in [0.25, 0.3) is 5.91 Å². The second kappa shape index (κ2) is 8.53. The van der Waals surface area contributed by atoms with Crippen molar-refractivity contribution in [2.45, 2.75) is 51.1 Å². The normalized spacial score (nSPS) is 21.0. The summed E-state index contributed by atoms with van der Waals surface area (Å²) in [6, 6.07) is 3.61. The Bertz CT molecular complexity index is 641. The number of ether oxygens (including phenoxy) is 1. The number of cyclic esters (lactones) is 1. The molecule has 142 valence electrons. The smallest absolute Gasteiger partial charge is 0.410 e. The van der Waals surface area contributed by atoms with Crippen molar-refractivity contribution in [2.24, 2.45) is 0 Å². The third kappa shape index (κ3) is 4.17. The van der Waals surface area contributed by atoms with Crippen LogP contribution in [0.2, 0.25) is 0 Å². The van der Waals surface area contributed by atoms with Gasteiger partial charge in [0.05, 0.1) is 12.3 Å². The number of carbonyl (C=O) groups excluding carboxylic acids is 2. The molecule has 3 heterocycles. The Labute approximate surface area is 158 Å². The molecule has 2 fully saturated rings. The SMILES string of the molecule is CCCCC1COC(=O)N1C1CCN(C(=S)NC(=O)c2ccco2)CC1. The number of carbonyl (C=O) groups is 2. The monoisotopic (exact) mass is 379 g/mol. The van der Waals surface area contributed by atoms with Crippen LogP contribution in [-0.2, 0) is 4.74 Å². The van der Waals surface area contributed by atoms with Gasteiger partial charge in [0.1, 0.15) is 6.61 Å². The van der Waals surface area contributed by atoms with Gasteiger partial charge >= 0.3 is 6.09 Å². The third-order valence-corrected chi connectivity index (χ3v) is 5.37. The van der Waals surface area contributed by atoms with Gasteiger partial charge in [-0.25, -0.2) is 4.79 Å². The summed E-state index contributed by atoms with van der Waals surface area (Å²) in [5.41, 5.74) is 0. The van der Waals surface area contributed by atoms with Gasteiger partial charge < -0.3 is 14.1 Å². The maximum atomic E-state index is 12.1. The quantitative estimate of drug-likeness (QED) is 0.793. The van der Waals surface area contributed by atoms with E-state index < -0.39 is 0 Å². The highest BCUT2D eigenvalue weighted by Gasteiger charge is 2.39. The number of likely N-dealkylation sites (tertiary alicyclic amines) is 1. The van der Waals surface area contributed by atoms with Gasteiger partial charge in [-0.2, -0.15) is 0 Å². The molecule has 2 amide bonds. The summed E-state index contributed by atoms with van der Waals surface area (Å²) in [6.07, 6.45) is 6.08. The van der Waals surface area contributed by atoms with Crippen molar-refractivity contribution in [1.29, 1.82) is 0 Å². The number of unbranched alkanes of at least 4 members (excludes halogenated alkanes) is 1. The molecule has 0 bridgehead atoms. The van der Waals surface area contributed by atoms with Gasteiger partial charge in [-0.3, -0.25) is 15.0 Å². The van der Waals surface area contributed by atoms with E-state index in [0.29, 0.717) is 24.8 Å². The lowest BCUT2D eigenvalue weighted by molar-refractivity contribution is 0.0942. The van der Waals surface area contributed by atoms with E-state index in [0.717, 1.165) is 32.1 Å². The zero-order valence-electron chi connectivity index (χ0n) is 15.0. The van der Waals surface area contributed by atoms with Crippen LogP contribution in [0.15, 0.2) is 22.8 Å². The number of hydrogen-bond acceptors (Lipinski definition) is 5. The number of nitrogens with zero attached hydrogens (tertiary/aromatic N) is 2. The number of furan rings is 1. The summed E-state index contributed by atoms with van der Waals surface area (Å²) in [4.78, 5) is 28.1. The molecule has 0 radical (unpaired) electrons. The van der Waals surface area contributed by atoms with Crippen LogP contribution in [0.1, 0.15) is 49.6 Å². The molecule has 2 saturated heterocycles. The minimum Gasteiger partial charge on any atom is -0.459 e. The summed E-state index contributed by atoms with van der Waals surface area (Å²) in [6.45, 7) is 4.05. The van der Waals surface area contributed by atoms with E-state index in [1.165, 1.54) is 6.26 Å². The first-order chi connectivity index (χ1) is 12.6. The van der Waals surface area contributed by atoms with Crippen molar-refractivity contribution in [3.63, 3.8) is 0 Å². The van der Waals surface area contributed by atoms with E-state index in [1.54, 1.807) is 12.1 Å². The number of piperidine rings is 1. The fourth-order valence-corrected chi connectivity index (χ4v) is 3.85. The maximum absolute atomic E-state index is 12.1. The Morgan fingerprint density at radius 2 is 2.15 bits per heavy atom. The third-order valence-electron chi connectivity index (χ3n) is 5.00. The molecular weight excluding hydrogens is 354 g/mol. The molecule has 1 atom stereocenters. The molecule has 3 rings (SSSR count). The van der Waals surface area contributed by atoms with E-state index in [-0.39, 0.29) is 29.8 Å². The fraction of sp³-hybridized carbons (Fsp3) is 0.611. The van der Waals surface area contributed by atoms with Crippen LogP contribution in [0.5, 0.6) is 0 Å². The van der Waals surface area contributed by atoms with Gasteiger partial charge in [0.15, 0.2) is 10.9 Å². The summed E-state index contributed by atoms with van der Waals surface area (Å²) < 4.78 is 10.4. The minimum absolute atomic E-state index is 0.173. The largest absolute Gasteiger partial charge is 0.459 e. The van der Waals surface area contributed by atoms with Crippen LogP contribution < -0.4 is 5.32 Å². The first kappa shape index (κ1) is 18.7. The van der Waals surface area contributed by atoms with Crippen molar-refractivity contribution in [3.05, 3.63) is 24.2 Å². The first-order valence-electron chi connectivity index (χ1n) is 9.19. The fourth-order valence-electron chi connectivity index (χ4n) is 3.57. The maximum Gasteiger partial charge on any atom is 0.410 e. The molecule has 0 spiro atoms. The molecule has 0 saturated carbocycles. The molecule has 1 unspecified atom stereocenters. The summed E-state index contributed by atoms with van der Waals surface area (Å²) in [5, 5.41) is 3.10. The first-order valence-corrected chi connectivity index (χ1v) is 9.59. The number of hydrogen-bond donors (Lipinski definition) is 1. The van der Waals surface area contributed by atoms with E-state index in [2.05, 4.69) is 12.2 Å². The lowest BCUT2D eigenvalue weighted by Crippen LogP contribution is -2.52. The molecule has 0 aliphatic carbocycles. The van der Waals surface area contributed by atoms with Crippen LogP contribution in [0, 0.1) is 0 Å². The number of thiocarbonyl (C=S) groups is 1. The van der Waals surface area contributed by atoms with Crippen molar-refractivity contribution >= 4 is 29.3 Å². The molecule has 1 N–H and O–H groups in total. The van der Waals surface area contributed by atoms with Gasteiger partial charge in [-0.15, -0.1) is 0 Å². The van der Waals surface area contributed by atoms with E-state index in [4.69, 9.17) is 21.4 Å². The Kier molecular flexibility index (Phi) is 6.13. The average molecular weight is 379 g/mol. The van der Waals surface area contributed by atoms with Crippen LogP contribution in [-0.4, -0.2) is 58.7 Å². The molecule has 1 aromatic rings. The topological polar surface area (TPSA) is 75.0 Å². The van der Waals surface area contributed by atoms with Crippen LogP contribution >= 0.6 is 12.2 Å². The van der Waals surface area contributed by atoms with E-state index in [9.17, 15) is 9.59 Å². The second-order valence-electron chi connectivity index (χ2n) is 6.74. The molecule has 2 aliphatic rings. The lowest BCUT2D eigenvalue weighted by Gasteiger charge is -2.38. The second-order valence-corrected chi connectivity index (χ2v) is 7.12. The Morgan fingerprint density at radius 3 is 2.81 bits per heavy atom. The van der Waals surface area contributed by atoms with Crippen LogP contribution in [0.25, 0.3) is 0 Å². The standard InChI is InChI=1S/C18H25N3O4S/c1-2-3-5-14-12-25-18(23)21(14)13-7-9-20(10-8-13)17(26)19-16(22)15-6-4-11-24-15/h4,6,11,13-14H,2-3,5,7-10,12H2,1H3,(H,19,22,26). The predicted octanol–water partition coefficient (Wildman–Crippen LogP) is 2.77. The Morgan fingerprint density at radius 1 is 1.38 bits per heavy atom. The van der Waals surface area contributed by atoms with Crippen molar-refractivity contribution in [1.82, 2.24) is 15.1 Å². The van der Waals surface area contributed by atoms with Gasteiger partial charge in [-0.1, -0.05) is 19.8 Å². The van der Waals surface area contributed by atoms with Gasteiger partial charge in [-0.05, 0) is 43.6 Å². The Hall–Kier alpha value is -2.09. The Balaban J connectivity index is 1.51. The van der Waals surface area contributed by atoms with Crippen LogP contribution in [0.4, 0.5) is 4.79 Å². The highest BCUT2D eigenvalue weighted by Crippen LogP contribution is 2.26. The van der Waals surface area contributed by atoms with E-state index >= 15 is 0 Å². The summed E-state index contributed by atoms with van der Waals surface area (Å²) in [5.74, 6) is -0.106. The minimum atomic E-state index is -0.343. The molecule has 1 aromatic heterocycles. The summed E-state index contributed by atoms with van der Waals surface area (Å²) >= 11 is 5.35. The molecule has 26 heavy (non-hydrogen) atoms. The molecule has 7 nitrogen and oxygen atoms in total. The molecular formula is C18H25N3O4S. The van der Waals surface area contributed by atoms with Gasteiger partial charge in [0.2, 0.25) is 0 Å². The number of amides is 2. The average Bonchev–Trinajstić information content (AvgIpc) is 3.30. The summed E-state index contributed by atoms with van der Waals surface area (Å²) in [7, 11) is 0. The van der Waals surface area contributed by atoms with Crippen molar-refractivity contribution in [2.75, 3.05) is 19.7 Å². The predicted molar refractivity (Wildman–Crippen MR) is 99.9 cm³/mol. The zero-order valence-corrected chi connectivity index (χ0v) is 15.8. The van der Waals surface area contributed by atoms with Crippen molar-refractivity contribution in [3.8, 4) is 0 Å². The highest BCUT2D eigenvalue weighted by molar-refractivity contribution is 7.80. The van der Waals surface area contributed by atoms with Crippen molar-refractivity contribution < 1.29 is 18.7 Å². The highest BCUT2D eigenvalue weighted by atomic mass is 32.1.